The molecular weight excluding hydrogens is 270 g/mol. The maximum Gasteiger partial charge on any atom is 0.235 e. The highest BCUT2D eigenvalue weighted by Crippen LogP contribution is 2.35. The van der Waals surface area contributed by atoms with Gasteiger partial charge in [-0.05, 0) is 50.7 Å². The molecule has 2 heterocycles. The fraction of sp³-hybridized carbons (Fsp3) is 0.875. The van der Waals surface area contributed by atoms with Crippen LogP contribution in [0.3, 0.4) is 0 Å². The average molecular weight is 295 g/mol. The van der Waals surface area contributed by atoms with Crippen molar-refractivity contribution in [3.8, 4) is 0 Å². The van der Waals surface area contributed by atoms with E-state index in [4.69, 9.17) is 0 Å². The van der Waals surface area contributed by atoms with Crippen LogP contribution in [0.15, 0.2) is 0 Å². The van der Waals surface area contributed by atoms with Gasteiger partial charge in [0.15, 0.2) is 0 Å². The minimum atomic E-state index is 0.138. The van der Waals surface area contributed by atoms with Crippen LogP contribution >= 0.6 is 11.8 Å². The fourth-order valence-corrected chi connectivity index (χ4v) is 5.25. The summed E-state index contributed by atoms with van der Waals surface area (Å²) in [5.41, 5.74) is 0. The zero-order valence-corrected chi connectivity index (χ0v) is 13.0. The lowest BCUT2D eigenvalue weighted by atomic mass is 9.79. The van der Waals surface area contributed by atoms with E-state index in [-0.39, 0.29) is 17.2 Å². The Morgan fingerprint density at radius 3 is 2.65 bits per heavy atom. The molecule has 20 heavy (non-hydrogen) atoms. The molecule has 0 N–H and O–H groups in total. The Morgan fingerprint density at radius 2 is 1.90 bits per heavy atom. The summed E-state index contributed by atoms with van der Waals surface area (Å²) >= 11 is 1.82. The van der Waals surface area contributed by atoms with Crippen molar-refractivity contribution >= 4 is 23.5 Å². The van der Waals surface area contributed by atoms with E-state index in [9.17, 15) is 9.59 Å². The Labute approximate surface area is 125 Å². The molecule has 3 atom stereocenters. The molecule has 2 aliphatic heterocycles. The second-order valence-corrected chi connectivity index (χ2v) is 7.73. The number of carbonyl (C=O) groups is 2. The quantitative estimate of drug-likeness (QED) is 0.786. The first-order valence-electron chi connectivity index (χ1n) is 8.22. The van der Waals surface area contributed by atoms with Gasteiger partial charge in [-0.2, -0.15) is 0 Å². The van der Waals surface area contributed by atoms with E-state index in [1.165, 1.54) is 12.8 Å². The van der Waals surface area contributed by atoms with E-state index in [1.54, 1.807) is 0 Å². The molecule has 3 nitrogen and oxygen atoms in total. The summed E-state index contributed by atoms with van der Waals surface area (Å²) in [7, 11) is 0. The first kappa shape index (κ1) is 14.4. The highest BCUT2D eigenvalue weighted by Gasteiger charge is 2.39. The van der Waals surface area contributed by atoms with Crippen LogP contribution in [0.1, 0.15) is 57.8 Å². The number of hydrogen-bond acceptors (Lipinski definition) is 3. The van der Waals surface area contributed by atoms with Gasteiger partial charge in [0.2, 0.25) is 5.91 Å². The maximum atomic E-state index is 12.8. The number of rotatable bonds is 2. The monoisotopic (exact) mass is 295 g/mol. The van der Waals surface area contributed by atoms with Crippen LogP contribution in [0.2, 0.25) is 0 Å². The second kappa shape index (κ2) is 6.50. The van der Waals surface area contributed by atoms with Gasteiger partial charge >= 0.3 is 0 Å². The molecule has 0 aromatic rings. The standard InChI is InChI=1S/C16H25NO2S/c18-14-8-2-1-6-12(14)13-7-3-4-10-17(13)16(19)15-9-5-11-20-15/h12-13,15H,1-11H2. The summed E-state index contributed by atoms with van der Waals surface area (Å²) in [6.45, 7) is 0.879. The van der Waals surface area contributed by atoms with Gasteiger partial charge in [0.25, 0.3) is 0 Å². The second-order valence-electron chi connectivity index (χ2n) is 6.42. The minimum absolute atomic E-state index is 0.138. The van der Waals surface area contributed by atoms with E-state index in [0.29, 0.717) is 11.7 Å². The van der Waals surface area contributed by atoms with E-state index in [1.807, 2.05) is 11.8 Å². The largest absolute Gasteiger partial charge is 0.338 e. The lowest BCUT2D eigenvalue weighted by Crippen LogP contribution is -2.52. The van der Waals surface area contributed by atoms with Crippen LogP contribution in [0.25, 0.3) is 0 Å². The molecular formula is C16H25NO2S. The Bertz CT molecular complexity index is 379. The number of likely N-dealkylation sites (tertiary alicyclic amines) is 1. The van der Waals surface area contributed by atoms with Crippen LogP contribution < -0.4 is 0 Å². The highest BCUT2D eigenvalue weighted by molar-refractivity contribution is 8.00. The zero-order valence-electron chi connectivity index (χ0n) is 12.2. The van der Waals surface area contributed by atoms with Gasteiger partial charge < -0.3 is 4.90 Å². The lowest BCUT2D eigenvalue weighted by molar-refractivity contribution is -0.139. The van der Waals surface area contributed by atoms with E-state index in [2.05, 4.69) is 4.90 Å². The number of piperidine rings is 1. The molecule has 3 rings (SSSR count). The van der Waals surface area contributed by atoms with Crippen molar-refractivity contribution in [2.45, 2.75) is 69.1 Å². The molecule has 0 aromatic heterocycles. The zero-order chi connectivity index (χ0) is 13.9. The third kappa shape index (κ3) is 2.90. The van der Waals surface area contributed by atoms with Gasteiger partial charge in [0.1, 0.15) is 5.78 Å². The number of nitrogens with zero attached hydrogens (tertiary/aromatic N) is 1. The lowest BCUT2D eigenvalue weighted by Gasteiger charge is -2.42. The minimum Gasteiger partial charge on any atom is -0.338 e. The maximum absolute atomic E-state index is 12.8. The molecule has 0 bridgehead atoms. The van der Waals surface area contributed by atoms with E-state index < -0.39 is 0 Å². The summed E-state index contributed by atoms with van der Waals surface area (Å²) in [6, 6.07) is 0.213. The number of thioether (sulfide) groups is 1. The molecule has 0 spiro atoms. The first-order chi connectivity index (χ1) is 9.77. The summed E-state index contributed by atoms with van der Waals surface area (Å²) in [4.78, 5) is 27.1. The molecule has 112 valence electrons. The smallest absolute Gasteiger partial charge is 0.235 e. The molecule has 4 heteroatoms. The SMILES string of the molecule is O=C1CCCCC1C1CCCCN1C(=O)C1CCCS1. The fourth-order valence-electron chi connectivity index (χ4n) is 4.02. The Balaban J connectivity index is 1.72. The van der Waals surface area contributed by atoms with Gasteiger partial charge in [-0.25, -0.2) is 0 Å². The van der Waals surface area contributed by atoms with Crippen molar-refractivity contribution < 1.29 is 9.59 Å². The topological polar surface area (TPSA) is 37.4 Å². The first-order valence-corrected chi connectivity index (χ1v) is 9.27. The van der Waals surface area contributed by atoms with Gasteiger partial charge in [0, 0.05) is 24.9 Å². The number of hydrogen-bond donors (Lipinski definition) is 0. The average Bonchev–Trinajstić information content (AvgIpc) is 3.01. The Kier molecular flexibility index (Phi) is 4.69. The molecule has 0 radical (unpaired) electrons. The molecule has 1 saturated carbocycles. The number of ketones is 1. The van der Waals surface area contributed by atoms with Gasteiger partial charge in [-0.3, -0.25) is 9.59 Å². The summed E-state index contributed by atoms with van der Waals surface area (Å²) in [5.74, 6) is 2.01. The molecule has 3 aliphatic rings. The Hall–Kier alpha value is -0.510. The number of amides is 1. The molecule has 3 fully saturated rings. The molecule has 0 aromatic carbocycles. The summed E-state index contributed by atoms with van der Waals surface area (Å²) in [5, 5.41) is 0.175. The Morgan fingerprint density at radius 1 is 1.05 bits per heavy atom. The number of carbonyl (C=O) groups excluding carboxylic acids is 2. The van der Waals surface area contributed by atoms with Crippen LogP contribution in [0.5, 0.6) is 0 Å². The molecule has 2 saturated heterocycles. The summed E-state index contributed by atoms with van der Waals surface area (Å²) < 4.78 is 0. The van der Waals surface area contributed by atoms with Crippen LogP contribution in [-0.4, -0.2) is 40.2 Å². The number of Topliss-reactive ketones (excluding diaryl/α,β-unsaturated/α-hetero) is 1. The molecule has 1 aliphatic carbocycles. The molecule has 1 amide bonds. The van der Waals surface area contributed by atoms with Crippen molar-refractivity contribution in [3.05, 3.63) is 0 Å². The highest BCUT2D eigenvalue weighted by atomic mass is 32.2. The van der Waals surface area contributed by atoms with E-state index >= 15 is 0 Å². The van der Waals surface area contributed by atoms with Crippen molar-refractivity contribution in [1.29, 1.82) is 0 Å². The van der Waals surface area contributed by atoms with E-state index in [0.717, 1.165) is 57.2 Å². The normalized spacial score (nSPS) is 35.3. The third-order valence-corrected chi connectivity index (χ3v) is 6.47. The van der Waals surface area contributed by atoms with Crippen molar-refractivity contribution in [3.63, 3.8) is 0 Å². The van der Waals surface area contributed by atoms with Crippen LogP contribution in [-0.2, 0) is 9.59 Å². The van der Waals surface area contributed by atoms with Gasteiger partial charge in [0.05, 0.1) is 5.25 Å². The van der Waals surface area contributed by atoms with Crippen molar-refractivity contribution in [2.75, 3.05) is 12.3 Å². The van der Waals surface area contributed by atoms with Crippen molar-refractivity contribution in [2.24, 2.45) is 5.92 Å². The predicted octanol–water partition coefficient (Wildman–Crippen LogP) is 3.02. The van der Waals surface area contributed by atoms with Gasteiger partial charge in [-0.15, -0.1) is 11.8 Å². The predicted molar refractivity (Wildman–Crippen MR) is 81.8 cm³/mol. The van der Waals surface area contributed by atoms with Crippen LogP contribution in [0, 0.1) is 5.92 Å². The van der Waals surface area contributed by atoms with Crippen LogP contribution in [0.4, 0.5) is 0 Å². The van der Waals surface area contributed by atoms with Gasteiger partial charge in [-0.1, -0.05) is 6.42 Å². The summed E-state index contributed by atoms with van der Waals surface area (Å²) in [6.07, 6.45) is 9.48. The molecule has 3 unspecified atom stereocenters. The van der Waals surface area contributed by atoms with Crippen molar-refractivity contribution in [1.82, 2.24) is 4.90 Å². The third-order valence-electron chi connectivity index (χ3n) is 5.10.